The minimum Gasteiger partial charge on any atom is -0.387 e. The van der Waals surface area contributed by atoms with Crippen molar-refractivity contribution in [3.8, 4) is 0 Å². The van der Waals surface area contributed by atoms with Gasteiger partial charge in [0.15, 0.2) is 5.13 Å². The van der Waals surface area contributed by atoms with Crippen LogP contribution in [0.1, 0.15) is 32.6 Å². The minimum atomic E-state index is -3.45. The highest BCUT2D eigenvalue weighted by Crippen LogP contribution is 2.21. The molecular weight excluding hydrogens is 276 g/mol. The van der Waals surface area contributed by atoms with Crippen LogP contribution in [0.2, 0.25) is 0 Å². The van der Waals surface area contributed by atoms with Crippen LogP contribution in [0.3, 0.4) is 0 Å². The molecule has 1 heterocycles. The molecule has 0 aromatic carbocycles. The van der Waals surface area contributed by atoms with E-state index in [2.05, 4.69) is 9.71 Å². The summed E-state index contributed by atoms with van der Waals surface area (Å²) in [6.45, 7) is 5.40. The first-order valence-corrected chi connectivity index (χ1v) is 8.09. The Kier molecular flexibility index (Phi) is 5.51. The average molecular weight is 294 g/mol. The van der Waals surface area contributed by atoms with Gasteiger partial charge in [0.25, 0.3) is 0 Å². The summed E-state index contributed by atoms with van der Waals surface area (Å²) in [4.78, 5) is 3.98. The van der Waals surface area contributed by atoms with Crippen molar-refractivity contribution in [2.75, 3.05) is 17.1 Å². The van der Waals surface area contributed by atoms with Gasteiger partial charge in [-0.3, -0.25) is 4.72 Å². The number of aliphatic hydroxyl groups excluding tert-OH is 1. The fraction of sp³-hybridized carbons (Fsp3) is 0.700. The molecule has 0 saturated carbocycles. The molecule has 0 spiro atoms. The lowest BCUT2D eigenvalue weighted by Gasteiger charge is -2.08. The van der Waals surface area contributed by atoms with Crippen molar-refractivity contribution in [3.63, 3.8) is 0 Å². The number of thiazole rings is 1. The van der Waals surface area contributed by atoms with Crippen LogP contribution in [0.5, 0.6) is 0 Å². The van der Waals surface area contributed by atoms with Crippen molar-refractivity contribution >= 4 is 26.5 Å². The molecule has 0 aliphatic rings. The molecule has 0 aliphatic heterocycles. The van der Waals surface area contributed by atoms with Crippen LogP contribution in [-0.2, 0) is 14.8 Å². The lowest BCUT2D eigenvalue weighted by Crippen LogP contribution is -2.21. The number of hydrogen-bond acceptors (Lipinski definition) is 6. The van der Waals surface area contributed by atoms with Crippen LogP contribution in [0.25, 0.3) is 0 Å². The van der Waals surface area contributed by atoms with Gasteiger partial charge in [0.1, 0.15) is 0 Å². The molecule has 18 heavy (non-hydrogen) atoms. The van der Waals surface area contributed by atoms with Crippen LogP contribution in [-0.4, -0.2) is 37.0 Å². The van der Waals surface area contributed by atoms with E-state index >= 15 is 0 Å². The second-order valence-corrected chi connectivity index (χ2v) is 6.79. The maximum atomic E-state index is 11.7. The minimum absolute atomic E-state index is 0.00176. The van der Waals surface area contributed by atoms with E-state index in [-0.39, 0.29) is 23.6 Å². The Morgan fingerprint density at radius 1 is 1.50 bits per heavy atom. The van der Waals surface area contributed by atoms with Crippen LogP contribution >= 0.6 is 11.3 Å². The fourth-order valence-corrected chi connectivity index (χ4v) is 3.05. The van der Waals surface area contributed by atoms with E-state index in [9.17, 15) is 13.5 Å². The van der Waals surface area contributed by atoms with Crippen molar-refractivity contribution < 1.29 is 18.3 Å². The lowest BCUT2D eigenvalue weighted by molar-refractivity contribution is 0.0913. The topological polar surface area (TPSA) is 88.5 Å². The summed E-state index contributed by atoms with van der Waals surface area (Å²) in [6.07, 6.45) is -0.703. The number of ether oxygens (including phenoxy) is 1. The van der Waals surface area contributed by atoms with Crippen LogP contribution in [0.4, 0.5) is 5.13 Å². The average Bonchev–Trinajstić information content (AvgIpc) is 2.64. The molecule has 1 unspecified atom stereocenters. The molecule has 6 nitrogen and oxygen atoms in total. The lowest BCUT2D eigenvalue weighted by atomic mass is 10.3. The zero-order valence-electron chi connectivity index (χ0n) is 10.6. The summed E-state index contributed by atoms with van der Waals surface area (Å²) in [7, 11) is -3.45. The standard InChI is InChI=1S/C10H18N2O4S2/c1-7(2)16-4-5-18(14,15)12-10-11-9(6-17-10)8(3)13/h6-8,13H,4-5H2,1-3H3,(H,11,12). The van der Waals surface area contributed by atoms with Crippen LogP contribution < -0.4 is 4.72 Å². The number of nitrogens with zero attached hydrogens (tertiary/aromatic N) is 1. The number of nitrogens with one attached hydrogen (secondary N) is 1. The SMILES string of the molecule is CC(C)OCCS(=O)(=O)Nc1nc(C(C)O)cs1. The Balaban J connectivity index is 2.54. The van der Waals surface area contributed by atoms with Crippen LogP contribution in [0.15, 0.2) is 5.38 Å². The predicted molar refractivity (Wildman–Crippen MR) is 71.2 cm³/mol. The summed E-state index contributed by atoms with van der Waals surface area (Å²) in [6, 6.07) is 0. The molecular formula is C10H18N2O4S2. The van der Waals surface area contributed by atoms with Crippen molar-refractivity contribution in [1.82, 2.24) is 4.98 Å². The number of sulfonamides is 1. The first kappa shape index (κ1) is 15.4. The normalized spacial score (nSPS) is 13.8. The Labute approximate surface area is 111 Å². The Hall–Kier alpha value is -0.700. The van der Waals surface area contributed by atoms with Gasteiger partial charge < -0.3 is 9.84 Å². The molecule has 0 aliphatic carbocycles. The highest BCUT2D eigenvalue weighted by molar-refractivity contribution is 7.92. The molecule has 0 fully saturated rings. The van der Waals surface area contributed by atoms with E-state index in [1.165, 1.54) is 0 Å². The summed E-state index contributed by atoms with van der Waals surface area (Å²) in [5, 5.41) is 11.2. The summed E-state index contributed by atoms with van der Waals surface area (Å²) >= 11 is 1.14. The van der Waals surface area contributed by atoms with Gasteiger partial charge in [-0.05, 0) is 20.8 Å². The highest BCUT2D eigenvalue weighted by Gasteiger charge is 2.14. The summed E-state index contributed by atoms with van der Waals surface area (Å²) in [5.74, 6) is -0.116. The monoisotopic (exact) mass is 294 g/mol. The molecule has 1 aromatic heterocycles. The zero-order chi connectivity index (χ0) is 13.8. The maximum Gasteiger partial charge on any atom is 0.236 e. The fourth-order valence-electron chi connectivity index (χ4n) is 1.10. The van der Waals surface area contributed by atoms with Crippen molar-refractivity contribution in [2.45, 2.75) is 33.0 Å². The zero-order valence-corrected chi connectivity index (χ0v) is 12.2. The number of rotatable bonds is 7. The molecule has 0 radical (unpaired) electrons. The van der Waals surface area contributed by atoms with Gasteiger partial charge in [-0.2, -0.15) is 0 Å². The van der Waals surface area contributed by atoms with Gasteiger partial charge >= 0.3 is 0 Å². The van der Waals surface area contributed by atoms with Gasteiger partial charge in [-0.1, -0.05) is 0 Å². The van der Waals surface area contributed by atoms with E-state index < -0.39 is 16.1 Å². The highest BCUT2D eigenvalue weighted by atomic mass is 32.2. The van der Waals surface area contributed by atoms with Crippen molar-refractivity contribution in [3.05, 3.63) is 11.1 Å². The second-order valence-electron chi connectivity index (χ2n) is 4.09. The molecule has 0 bridgehead atoms. The Bertz CT molecular complexity index is 468. The largest absolute Gasteiger partial charge is 0.387 e. The molecule has 1 rings (SSSR count). The summed E-state index contributed by atoms with van der Waals surface area (Å²) in [5.41, 5.74) is 0.455. The van der Waals surface area contributed by atoms with Gasteiger partial charge in [0, 0.05) is 5.38 Å². The Morgan fingerprint density at radius 3 is 2.67 bits per heavy atom. The molecule has 8 heteroatoms. The van der Waals surface area contributed by atoms with Gasteiger partial charge in [-0.25, -0.2) is 13.4 Å². The van der Waals surface area contributed by atoms with Crippen LogP contribution in [0, 0.1) is 0 Å². The Morgan fingerprint density at radius 2 is 2.17 bits per heavy atom. The number of hydrogen-bond donors (Lipinski definition) is 2. The third kappa shape index (κ3) is 5.30. The van der Waals surface area contributed by atoms with E-state index in [1.807, 2.05) is 13.8 Å². The first-order chi connectivity index (χ1) is 8.30. The number of aliphatic hydroxyl groups is 1. The first-order valence-electron chi connectivity index (χ1n) is 5.56. The molecule has 104 valence electrons. The quantitative estimate of drug-likeness (QED) is 0.792. The van der Waals surface area contributed by atoms with E-state index in [0.717, 1.165) is 11.3 Å². The second kappa shape index (κ2) is 6.46. The molecule has 0 saturated heterocycles. The van der Waals surface area contributed by atoms with Gasteiger partial charge in [-0.15, -0.1) is 11.3 Å². The van der Waals surface area contributed by atoms with E-state index in [4.69, 9.17) is 4.74 Å². The van der Waals surface area contributed by atoms with Crippen molar-refractivity contribution in [1.29, 1.82) is 0 Å². The molecule has 1 atom stereocenters. The third-order valence-electron chi connectivity index (χ3n) is 2.00. The van der Waals surface area contributed by atoms with Gasteiger partial charge in [0.2, 0.25) is 10.0 Å². The number of anilines is 1. The molecule has 1 aromatic rings. The number of aromatic nitrogens is 1. The smallest absolute Gasteiger partial charge is 0.236 e. The van der Waals surface area contributed by atoms with Gasteiger partial charge in [0.05, 0.1) is 30.3 Å². The predicted octanol–water partition coefficient (Wildman–Crippen LogP) is 1.36. The maximum absolute atomic E-state index is 11.7. The third-order valence-corrected chi connectivity index (χ3v) is 4.11. The summed E-state index contributed by atoms with van der Waals surface area (Å²) < 4.78 is 30.9. The van der Waals surface area contributed by atoms with E-state index in [1.54, 1.807) is 12.3 Å². The molecule has 0 amide bonds. The molecule has 2 N–H and O–H groups in total. The van der Waals surface area contributed by atoms with E-state index in [0.29, 0.717) is 5.69 Å². The van der Waals surface area contributed by atoms with Crippen molar-refractivity contribution in [2.24, 2.45) is 0 Å².